The highest BCUT2D eigenvalue weighted by Gasteiger charge is 2.30. The number of nitrogens with zero attached hydrogens (tertiary/aromatic N) is 1. The number of rotatable bonds is 4. The molecule has 2 heterocycles. The molecule has 0 bridgehead atoms. The molecule has 1 amide bonds. The maximum absolute atomic E-state index is 13.0. The van der Waals surface area contributed by atoms with Gasteiger partial charge in [-0.25, -0.2) is 0 Å². The van der Waals surface area contributed by atoms with E-state index in [4.69, 9.17) is 9.47 Å². The third-order valence-electron chi connectivity index (χ3n) is 4.33. The number of ether oxygens (including phenoxy) is 2. The van der Waals surface area contributed by atoms with E-state index >= 15 is 0 Å². The fourth-order valence-corrected chi connectivity index (χ4v) is 3.07. The molecule has 3 aromatic rings. The van der Waals surface area contributed by atoms with Gasteiger partial charge in [-0.2, -0.15) is 0 Å². The molecule has 1 N–H and O–H groups in total. The Labute approximate surface area is 151 Å². The molecule has 5 nitrogen and oxygen atoms in total. The Morgan fingerprint density at radius 3 is 2.58 bits per heavy atom. The summed E-state index contributed by atoms with van der Waals surface area (Å²) in [5.41, 5.74) is 2.62. The summed E-state index contributed by atoms with van der Waals surface area (Å²) in [6, 6.07) is 20.7. The lowest BCUT2D eigenvalue weighted by Gasteiger charge is -2.27. The molecule has 2 unspecified atom stereocenters. The van der Waals surface area contributed by atoms with Crippen molar-refractivity contribution in [1.82, 2.24) is 10.3 Å². The van der Waals surface area contributed by atoms with Crippen molar-refractivity contribution in [2.45, 2.75) is 12.1 Å². The summed E-state index contributed by atoms with van der Waals surface area (Å²) in [6.07, 6.45) is 2.77. The number of amides is 1. The van der Waals surface area contributed by atoms with Gasteiger partial charge in [0.2, 0.25) is 0 Å². The number of para-hydroxylation sites is 1. The van der Waals surface area contributed by atoms with Gasteiger partial charge in [-0.3, -0.25) is 9.78 Å². The molecule has 0 saturated heterocycles. The summed E-state index contributed by atoms with van der Waals surface area (Å²) in [6.45, 7) is 0.0536. The molecule has 0 saturated carbocycles. The lowest BCUT2D eigenvalue weighted by molar-refractivity contribution is -0.142. The first-order chi connectivity index (χ1) is 12.8. The van der Waals surface area contributed by atoms with E-state index in [1.165, 1.54) is 0 Å². The van der Waals surface area contributed by atoms with Crippen LogP contribution in [0.25, 0.3) is 0 Å². The van der Waals surface area contributed by atoms with E-state index in [0.717, 1.165) is 16.7 Å². The van der Waals surface area contributed by atoms with E-state index in [-0.39, 0.29) is 18.7 Å². The van der Waals surface area contributed by atoms with Gasteiger partial charge in [0.25, 0.3) is 5.91 Å². The summed E-state index contributed by atoms with van der Waals surface area (Å²) in [7, 11) is 0. The van der Waals surface area contributed by atoms with Gasteiger partial charge in [0.15, 0.2) is 12.9 Å². The second kappa shape index (κ2) is 7.37. The first-order valence-corrected chi connectivity index (χ1v) is 8.41. The van der Waals surface area contributed by atoms with E-state index in [2.05, 4.69) is 10.3 Å². The molecule has 130 valence electrons. The minimum Gasteiger partial charge on any atom is -0.467 e. The predicted molar refractivity (Wildman–Crippen MR) is 96.4 cm³/mol. The van der Waals surface area contributed by atoms with Gasteiger partial charge in [0.1, 0.15) is 5.75 Å². The summed E-state index contributed by atoms with van der Waals surface area (Å²) >= 11 is 0. The Hall–Kier alpha value is -3.18. The van der Waals surface area contributed by atoms with Gasteiger partial charge >= 0.3 is 0 Å². The molecule has 0 aliphatic carbocycles. The van der Waals surface area contributed by atoms with Crippen LogP contribution in [0.3, 0.4) is 0 Å². The smallest absolute Gasteiger partial charge is 0.254 e. The number of hydrogen-bond acceptors (Lipinski definition) is 4. The van der Waals surface area contributed by atoms with Crippen LogP contribution < -0.4 is 10.1 Å². The quantitative estimate of drug-likeness (QED) is 0.787. The lowest BCUT2D eigenvalue weighted by Crippen LogP contribution is -2.36. The zero-order chi connectivity index (χ0) is 17.8. The Bertz CT molecular complexity index is 845. The second-order valence-electron chi connectivity index (χ2n) is 5.99. The maximum Gasteiger partial charge on any atom is 0.254 e. The van der Waals surface area contributed by atoms with Gasteiger partial charge < -0.3 is 14.8 Å². The number of carbonyl (C=O) groups is 1. The standard InChI is InChI=1S/C21H18N2O3/c24-21(20-17-10-4-5-11-18(17)25-14-26-20)23-19(15-7-2-1-3-8-15)16-9-6-12-22-13-16/h1-13,19-20H,14H2,(H,23,24). The van der Waals surface area contributed by atoms with Crippen LogP contribution in [-0.2, 0) is 9.53 Å². The Kier molecular flexibility index (Phi) is 4.62. The highest BCUT2D eigenvalue weighted by molar-refractivity contribution is 5.84. The van der Waals surface area contributed by atoms with Crippen LogP contribution in [0.2, 0.25) is 0 Å². The van der Waals surface area contributed by atoms with E-state index in [1.54, 1.807) is 12.4 Å². The molecule has 0 fully saturated rings. The highest BCUT2D eigenvalue weighted by Crippen LogP contribution is 2.32. The normalized spacial score (nSPS) is 16.8. The van der Waals surface area contributed by atoms with Crippen LogP contribution in [0.5, 0.6) is 5.75 Å². The molecular formula is C21H18N2O3. The third kappa shape index (κ3) is 3.30. The van der Waals surface area contributed by atoms with Gasteiger partial charge in [-0.05, 0) is 23.3 Å². The van der Waals surface area contributed by atoms with Crippen LogP contribution in [0, 0.1) is 0 Å². The number of carbonyl (C=O) groups excluding carboxylic acids is 1. The molecule has 0 spiro atoms. The number of hydrogen-bond donors (Lipinski definition) is 1. The number of fused-ring (bicyclic) bond motifs is 1. The molecule has 4 rings (SSSR count). The van der Waals surface area contributed by atoms with Crippen LogP contribution in [0.4, 0.5) is 0 Å². The monoisotopic (exact) mass is 346 g/mol. The Morgan fingerprint density at radius 2 is 1.77 bits per heavy atom. The zero-order valence-electron chi connectivity index (χ0n) is 14.0. The fraction of sp³-hybridized carbons (Fsp3) is 0.143. The van der Waals surface area contributed by atoms with Crippen molar-refractivity contribution in [3.8, 4) is 5.75 Å². The van der Waals surface area contributed by atoms with E-state index < -0.39 is 6.10 Å². The molecule has 1 aromatic heterocycles. The second-order valence-corrected chi connectivity index (χ2v) is 5.99. The van der Waals surface area contributed by atoms with Crippen LogP contribution in [0.1, 0.15) is 28.8 Å². The van der Waals surface area contributed by atoms with Crippen LogP contribution in [0.15, 0.2) is 79.1 Å². The highest BCUT2D eigenvalue weighted by atomic mass is 16.7. The topological polar surface area (TPSA) is 60.5 Å². The molecule has 0 radical (unpaired) electrons. The van der Waals surface area contributed by atoms with E-state index in [9.17, 15) is 4.79 Å². The summed E-state index contributed by atoms with van der Waals surface area (Å²) in [4.78, 5) is 17.2. The zero-order valence-corrected chi connectivity index (χ0v) is 14.0. The number of benzene rings is 2. The summed E-state index contributed by atoms with van der Waals surface area (Å²) < 4.78 is 11.1. The Morgan fingerprint density at radius 1 is 1.00 bits per heavy atom. The Balaban J connectivity index is 1.64. The summed E-state index contributed by atoms with van der Waals surface area (Å²) in [5, 5.41) is 3.10. The van der Waals surface area contributed by atoms with Crippen molar-refractivity contribution < 1.29 is 14.3 Å². The minimum atomic E-state index is -0.706. The first kappa shape index (κ1) is 16.3. The fourth-order valence-electron chi connectivity index (χ4n) is 3.07. The largest absolute Gasteiger partial charge is 0.467 e. The van der Waals surface area contributed by atoms with Crippen molar-refractivity contribution in [3.63, 3.8) is 0 Å². The lowest BCUT2D eigenvalue weighted by atomic mass is 9.99. The van der Waals surface area contributed by atoms with E-state index in [1.807, 2.05) is 66.7 Å². The summed E-state index contributed by atoms with van der Waals surface area (Å²) in [5.74, 6) is 0.468. The average molecular weight is 346 g/mol. The van der Waals surface area contributed by atoms with Gasteiger partial charge in [-0.15, -0.1) is 0 Å². The average Bonchev–Trinajstić information content (AvgIpc) is 2.72. The minimum absolute atomic E-state index is 0.0536. The van der Waals surface area contributed by atoms with Crippen molar-refractivity contribution >= 4 is 5.91 Å². The third-order valence-corrected chi connectivity index (χ3v) is 4.33. The van der Waals surface area contributed by atoms with Gasteiger partial charge in [-0.1, -0.05) is 54.6 Å². The van der Waals surface area contributed by atoms with Crippen molar-refractivity contribution in [2.75, 3.05) is 6.79 Å². The number of nitrogens with one attached hydrogen (secondary N) is 1. The van der Waals surface area contributed by atoms with Crippen LogP contribution in [-0.4, -0.2) is 17.7 Å². The predicted octanol–water partition coefficient (Wildman–Crippen LogP) is 3.40. The number of pyridine rings is 1. The molecule has 1 aliphatic rings. The number of aromatic nitrogens is 1. The molecule has 2 aromatic carbocycles. The van der Waals surface area contributed by atoms with Crippen molar-refractivity contribution in [3.05, 3.63) is 95.8 Å². The van der Waals surface area contributed by atoms with Gasteiger partial charge in [0.05, 0.1) is 6.04 Å². The van der Waals surface area contributed by atoms with Crippen molar-refractivity contribution in [1.29, 1.82) is 0 Å². The molecular weight excluding hydrogens is 328 g/mol. The van der Waals surface area contributed by atoms with Crippen LogP contribution >= 0.6 is 0 Å². The molecule has 26 heavy (non-hydrogen) atoms. The molecule has 1 aliphatic heterocycles. The van der Waals surface area contributed by atoms with E-state index in [0.29, 0.717) is 5.75 Å². The maximum atomic E-state index is 13.0. The van der Waals surface area contributed by atoms with Gasteiger partial charge in [0, 0.05) is 18.0 Å². The molecule has 5 heteroatoms. The van der Waals surface area contributed by atoms with Crippen molar-refractivity contribution in [2.24, 2.45) is 0 Å². The first-order valence-electron chi connectivity index (χ1n) is 8.41. The SMILES string of the molecule is O=C(NC(c1ccccc1)c1cccnc1)C1OCOc2ccccc21. The molecule has 2 atom stereocenters.